The topological polar surface area (TPSA) is 87.0 Å². The third kappa shape index (κ3) is 5.58. The van der Waals surface area contributed by atoms with E-state index in [1.165, 1.54) is 43.5 Å². The van der Waals surface area contributed by atoms with E-state index in [0.29, 0.717) is 16.9 Å². The standard InChI is InChI=1S/C20H18O5/c1-25-20-10-7-15(12-19(20)24)6-9-18(23)13-17(22)8-5-14-3-2-4-16(21)11-14/h2-13,21-22,24H,1H3/b8-5+,9-6+,17-13-. The lowest BCUT2D eigenvalue weighted by atomic mass is 10.1. The van der Waals surface area contributed by atoms with Gasteiger partial charge in [0.2, 0.25) is 0 Å². The summed E-state index contributed by atoms with van der Waals surface area (Å²) in [4.78, 5) is 11.8. The van der Waals surface area contributed by atoms with Crippen molar-refractivity contribution in [2.24, 2.45) is 0 Å². The molecule has 0 heterocycles. The number of allylic oxidation sites excluding steroid dienone is 3. The molecule has 0 aliphatic carbocycles. The zero-order valence-corrected chi connectivity index (χ0v) is 13.6. The predicted molar refractivity (Wildman–Crippen MR) is 96.6 cm³/mol. The number of ketones is 1. The van der Waals surface area contributed by atoms with E-state index in [1.54, 1.807) is 30.3 Å². The Morgan fingerprint density at radius 1 is 1.00 bits per heavy atom. The maximum absolute atomic E-state index is 11.8. The van der Waals surface area contributed by atoms with Crippen LogP contribution in [0.3, 0.4) is 0 Å². The molecular weight excluding hydrogens is 320 g/mol. The number of methoxy groups -OCH3 is 1. The van der Waals surface area contributed by atoms with Crippen molar-refractivity contribution in [1.82, 2.24) is 0 Å². The predicted octanol–water partition coefficient (Wildman–Crippen LogP) is 3.84. The molecule has 3 N–H and O–H groups in total. The highest BCUT2D eigenvalue weighted by Crippen LogP contribution is 2.26. The Morgan fingerprint density at radius 3 is 2.40 bits per heavy atom. The number of phenols is 2. The average Bonchev–Trinajstić information content (AvgIpc) is 2.58. The fourth-order valence-corrected chi connectivity index (χ4v) is 2.04. The van der Waals surface area contributed by atoms with Crippen molar-refractivity contribution < 1.29 is 24.9 Å². The van der Waals surface area contributed by atoms with Crippen LogP contribution in [0.4, 0.5) is 0 Å². The number of phenolic OH excluding ortho intramolecular Hbond substituents is 2. The molecule has 0 amide bonds. The maximum atomic E-state index is 11.8. The van der Waals surface area contributed by atoms with Gasteiger partial charge in [-0.25, -0.2) is 0 Å². The van der Waals surface area contributed by atoms with Crippen LogP contribution in [0, 0.1) is 0 Å². The number of aliphatic hydroxyl groups excluding tert-OH is 1. The van der Waals surface area contributed by atoms with Gasteiger partial charge in [-0.15, -0.1) is 0 Å². The summed E-state index contributed by atoms with van der Waals surface area (Å²) in [7, 11) is 1.45. The summed E-state index contributed by atoms with van der Waals surface area (Å²) < 4.78 is 4.94. The Labute approximate surface area is 145 Å². The van der Waals surface area contributed by atoms with Crippen molar-refractivity contribution >= 4 is 17.9 Å². The smallest absolute Gasteiger partial charge is 0.182 e. The number of benzene rings is 2. The summed E-state index contributed by atoms with van der Waals surface area (Å²) in [5.74, 6) is -0.182. The van der Waals surface area contributed by atoms with Crippen LogP contribution >= 0.6 is 0 Å². The number of aliphatic hydroxyl groups is 1. The van der Waals surface area contributed by atoms with E-state index in [2.05, 4.69) is 0 Å². The first-order valence-electron chi connectivity index (χ1n) is 7.45. The maximum Gasteiger partial charge on any atom is 0.182 e. The Hall–Kier alpha value is -3.47. The summed E-state index contributed by atoms with van der Waals surface area (Å²) in [6, 6.07) is 11.2. The van der Waals surface area contributed by atoms with Crippen LogP contribution in [0.1, 0.15) is 11.1 Å². The first-order valence-corrected chi connectivity index (χ1v) is 7.45. The van der Waals surface area contributed by atoms with Crippen LogP contribution in [0.5, 0.6) is 17.2 Å². The molecule has 0 atom stereocenters. The largest absolute Gasteiger partial charge is 0.508 e. The zero-order chi connectivity index (χ0) is 18.2. The van der Waals surface area contributed by atoms with Gasteiger partial charge in [-0.05, 0) is 47.5 Å². The summed E-state index contributed by atoms with van der Waals surface area (Å²) in [6.07, 6.45) is 6.80. The molecular formula is C20H18O5. The molecule has 5 nitrogen and oxygen atoms in total. The van der Waals surface area contributed by atoms with Crippen LogP contribution in [0.25, 0.3) is 12.2 Å². The van der Waals surface area contributed by atoms with Crippen LogP contribution in [0.2, 0.25) is 0 Å². The van der Waals surface area contributed by atoms with Gasteiger partial charge in [0.15, 0.2) is 17.3 Å². The first-order chi connectivity index (χ1) is 12.0. The van der Waals surface area contributed by atoms with Crippen LogP contribution in [-0.2, 0) is 4.79 Å². The molecule has 0 aromatic heterocycles. The number of ether oxygens (including phenoxy) is 1. The minimum atomic E-state index is -0.409. The fraction of sp³-hybridized carbons (Fsp3) is 0.0500. The third-order valence-electron chi connectivity index (χ3n) is 3.25. The molecule has 0 radical (unpaired) electrons. The molecule has 0 saturated carbocycles. The molecule has 128 valence electrons. The second-order valence-electron chi connectivity index (χ2n) is 5.16. The lowest BCUT2D eigenvalue weighted by Gasteiger charge is -2.02. The summed E-state index contributed by atoms with van der Waals surface area (Å²) in [5.41, 5.74) is 1.31. The van der Waals surface area contributed by atoms with Crippen LogP contribution in [0.15, 0.2) is 66.5 Å². The number of hydrogen-bond donors (Lipinski definition) is 3. The number of carbonyl (C=O) groups excluding carboxylic acids is 1. The third-order valence-corrected chi connectivity index (χ3v) is 3.25. The Balaban J connectivity index is 2.02. The van der Waals surface area contributed by atoms with Gasteiger partial charge in [0, 0.05) is 6.08 Å². The minimum Gasteiger partial charge on any atom is -0.508 e. The van der Waals surface area contributed by atoms with Crippen LogP contribution in [-0.4, -0.2) is 28.2 Å². The van der Waals surface area contributed by atoms with E-state index in [0.717, 1.165) is 6.08 Å². The van der Waals surface area contributed by atoms with Crippen molar-refractivity contribution in [1.29, 1.82) is 0 Å². The molecule has 2 rings (SSSR count). The molecule has 0 aliphatic heterocycles. The lowest BCUT2D eigenvalue weighted by Crippen LogP contribution is -1.89. The van der Waals surface area contributed by atoms with Gasteiger partial charge in [-0.1, -0.05) is 30.4 Å². The number of rotatable bonds is 6. The Morgan fingerprint density at radius 2 is 1.72 bits per heavy atom. The molecule has 0 unspecified atom stereocenters. The zero-order valence-electron chi connectivity index (χ0n) is 13.6. The van der Waals surface area contributed by atoms with E-state index in [9.17, 15) is 20.1 Å². The van der Waals surface area contributed by atoms with Gasteiger partial charge in [-0.2, -0.15) is 0 Å². The second-order valence-corrected chi connectivity index (χ2v) is 5.16. The van der Waals surface area contributed by atoms with E-state index in [4.69, 9.17) is 4.74 Å². The van der Waals surface area contributed by atoms with Crippen molar-refractivity contribution in [3.8, 4) is 17.2 Å². The van der Waals surface area contributed by atoms with E-state index < -0.39 is 5.78 Å². The second kappa shape index (κ2) is 8.40. The monoisotopic (exact) mass is 338 g/mol. The van der Waals surface area contributed by atoms with E-state index in [-0.39, 0.29) is 17.3 Å². The van der Waals surface area contributed by atoms with Crippen molar-refractivity contribution in [3.05, 3.63) is 77.6 Å². The molecule has 25 heavy (non-hydrogen) atoms. The van der Waals surface area contributed by atoms with E-state index >= 15 is 0 Å². The molecule has 0 fully saturated rings. The number of aromatic hydroxyl groups is 2. The van der Waals surface area contributed by atoms with Crippen molar-refractivity contribution in [3.63, 3.8) is 0 Å². The summed E-state index contributed by atoms with van der Waals surface area (Å²) in [5, 5.41) is 28.8. The fourth-order valence-electron chi connectivity index (χ4n) is 2.04. The molecule has 0 bridgehead atoms. The van der Waals surface area contributed by atoms with Gasteiger partial charge in [0.1, 0.15) is 11.5 Å². The van der Waals surface area contributed by atoms with Gasteiger partial charge in [-0.3, -0.25) is 4.79 Å². The van der Waals surface area contributed by atoms with Crippen molar-refractivity contribution in [2.75, 3.05) is 7.11 Å². The van der Waals surface area contributed by atoms with Crippen LogP contribution < -0.4 is 4.74 Å². The normalized spacial score (nSPS) is 12.0. The summed E-state index contributed by atoms with van der Waals surface area (Å²) >= 11 is 0. The summed E-state index contributed by atoms with van der Waals surface area (Å²) in [6.45, 7) is 0. The van der Waals surface area contributed by atoms with Gasteiger partial charge < -0.3 is 20.1 Å². The molecule has 0 aliphatic rings. The lowest BCUT2D eigenvalue weighted by molar-refractivity contribution is -0.110. The molecule has 2 aromatic carbocycles. The minimum absolute atomic E-state index is 0.0236. The Bertz CT molecular complexity index is 847. The SMILES string of the molecule is COc1ccc(/C=C/C(=O)/C=C(O)/C=C/c2cccc(O)c2)cc1O. The van der Waals surface area contributed by atoms with Crippen molar-refractivity contribution in [2.45, 2.75) is 0 Å². The first kappa shape index (κ1) is 17.9. The highest BCUT2D eigenvalue weighted by Gasteiger charge is 2.01. The van der Waals surface area contributed by atoms with E-state index in [1.807, 2.05) is 0 Å². The quantitative estimate of drug-likeness (QED) is 0.423. The number of hydrogen-bond acceptors (Lipinski definition) is 5. The average molecular weight is 338 g/mol. The molecule has 2 aromatic rings. The highest BCUT2D eigenvalue weighted by atomic mass is 16.5. The van der Waals surface area contributed by atoms with Gasteiger partial charge in [0.25, 0.3) is 0 Å². The Kier molecular flexibility index (Phi) is 6.01. The highest BCUT2D eigenvalue weighted by molar-refractivity contribution is 6.02. The van der Waals surface area contributed by atoms with Gasteiger partial charge >= 0.3 is 0 Å². The molecule has 0 spiro atoms. The molecule has 0 saturated heterocycles. The van der Waals surface area contributed by atoms with Gasteiger partial charge in [0.05, 0.1) is 7.11 Å². The number of carbonyl (C=O) groups is 1. The molecule has 5 heteroatoms.